The molecule has 0 atom stereocenters. The lowest BCUT2D eigenvalue weighted by Gasteiger charge is -2.38. The van der Waals surface area contributed by atoms with E-state index in [9.17, 15) is 4.79 Å². The normalized spacial score (nSPS) is 19.3. The zero-order valence-corrected chi connectivity index (χ0v) is 18.6. The Kier molecular flexibility index (Phi) is 6.66. The van der Waals surface area contributed by atoms with E-state index in [4.69, 9.17) is 4.98 Å². The van der Waals surface area contributed by atoms with Crippen molar-refractivity contribution in [3.63, 3.8) is 0 Å². The number of aromatic nitrogens is 1. The van der Waals surface area contributed by atoms with Crippen molar-refractivity contribution in [2.24, 2.45) is 0 Å². The topological polar surface area (TPSA) is 36.4 Å². The maximum atomic E-state index is 13.2. The number of aryl methyl sites for hydroxylation is 2. The molecule has 1 aromatic heterocycles. The summed E-state index contributed by atoms with van der Waals surface area (Å²) in [6, 6.07) is 9.21. The van der Waals surface area contributed by atoms with E-state index in [2.05, 4.69) is 41.0 Å². The maximum Gasteiger partial charge on any atom is 0.265 e. The predicted molar refractivity (Wildman–Crippen MR) is 121 cm³/mol. The Balaban J connectivity index is 1.40. The van der Waals surface area contributed by atoms with Crippen molar-refractivity contribution < 1.29 is 4.79 Å². The van der Waals surface area contributed by atoms with Gasteiger partial charge in [-0.2, -0.15) is 0 Å². The second-order valence-corrected chi connectivity index (χ2v) is 9.46. The van der Waals surface area contributed by atoms with Crippen molar-refractivity contribution in [2.75, 3.05) is 26.2 Å². The number of rotatable bonds is 4. The van der Waals surface area contributed by atoms with Crippen molar-refractivity contribution in [1.29, 1.82) is 0 Å². The molecule has 29 heavy (non-hydrogen) atoms. The van der Waals surface area contributed by atoms with Crippen LogP contribution < -0.4 is 0 Å². The Morgan fingerprint density at radius 1 is 1.03 bits per heavy atom. The molecule has 2 saturated heterocycles. The molecule has 2 aromatic rings. The number of nitrogens with zero attached hydrogens (tertiary/aromatic N) is 3. The summed E-state index contributed by atoms with van der Waals surface area (Å²) >= 11 is 1.55. The zero-order chi connectivity index (χ0) is 20.2. The fourth-order valence-electron chi connectivity index (χ4n) is 4.64. The third-order valence-electron chi connectivity index (χ3n) is 6.51. The lowest BCUT2D eigenvalue weighted by molar-refractivity contribution is 0.0626. The summed E-state index contributed by atoms with van der Waals surface area (Å²) < 4.78 is 0. The Hall–Kier alpha value is -1.72. The predicted octanol–water partition coefficient (Wildman–Crippen LogP) is 5.16. The van der Waals surface area contributed by atoms with Crippen LogP contribution >= 0.6 is 11.3 Å². The highest BCUT2D eigenvalue weighted by molar-refractivity contribution is 7.17. The third kappa shape index (κ3) is 4.72. The number of thiazole rings is 1. The highest BCUT2D eigenvalue weighted by Crippen LogP contribution is 2.30. The minimum atomic E-state index is 0.172. The molecule has 1 aromatic carbocycles. The van der Waals surface area contributed by atoms with Gasteiger partial charge in [0.1, 0.15) is 9.88 Å². The van der Waals surface area contributed by atoms with Crippen LogP contribution in [0.4, 0.5) is 0 Å². The zero-order valence-electron chi connectivity index (χ0n) is 17.8. The molecule has 0 saturated carbocycles. The van der Waals surface area contributed by atoms with Gasteiger partial charge in [0.25, 0.3) is 5.91 Å². The third-order valence-corrected chi connectivity index (χ3v) is 7.70. The summed E-state index contributed by atoms with van der Waals surface area (Å²) in [6.45, 7) is 8.36. The average Bonchev–Trinajstić information content (AvgIpc) is 2.97. The number of amides is 1. The van der Waals surface area contributed by atoms with E-state index in [1.807, 2.05) is 6.92 Å². The van der Waals surface area contributed by atoms with Crippen LogP contribution in [0.15, 0.2) is 24.3 Å². The molecule has 2 fully saturated rings. The first-order valence-corrected chi connectivity index (χ1v) is 12.1. The van der Waals surface area contributed by atoms with Crippen LogP contribution in [-0.4, -0.2) is 52.9 Å². The summed E-state index contributed by atoms with van der Waals surface area (Å²) in [4.78, 5) is 23.5. The van der Waals surface area contributed by atoms with Gasteiger partial charge < -0.3 is 9.80 Å². The summed E-state index contributed by atoms with van der Waals surface area (Å²) in [6.07, 6.45) is 8.67. The summed E-state index contributed by atoms with van der Waals surface area (Å²) in [5.74, 6) is 0.172. The van der Waals surface area contributed by atoms with Crippen molar-refractivity contribution in [3.8, 4) is 10.6 Å². The number of likely N-dealkylation sites (tertiary alicyclic amines) is 2. The Bertz CT molecular complexity index is 813. The molecule has 5 heteroatoms. The van der Waals surface area contributed by atoms with Crippen molar-refractivity contribution >= 4 is 17.2 Å². The molecule has 4 rings (SSSR count). The molecule has 0 spiro atoms. The molecule has 156 valence electrons. The summed E-state index contributed by atoms with van der Waals surface area (Å²) in [7, 11) is 0. The molecule has 3 heterocycles. The minimum Gasteiger partial charge on any atom is -0.338 e. The van der Waals surface area contributed by atoms with Crippen LogP contribution in [0.3, 0.4) is 0 Å². The van der Waals surface area contributed by atoms with E-state index in [0.29, 0.717) is 6.04 Å². The Morgan fingerprint density at radius 2 is 1.69 bits per heavy atom. The molecule has 4 nitrogen and oxygen atoms in total. The number of benzene rings is 1. The van der Waals surface area contributed by atoms with Crippen LogP contribution in [0.1, 0.15) is 66.4 Å². The molecule has 0 bridgehead atoms. The number of piperidine rings is 1. The standard InChI is InChI=1S/C24H33N3OS/c1-3-19-8-10-20(11-9-19)23-25-18(2)22(29-23)24(28)27-16-12-21(13-17-27)26-14-6-4-5-7-15-26/h8-11,21H,3-7,12-17H2,1-2H3. The smallest absolute Gasteiger partial charge is 0.265 e. The molecule has 2 aliphatic rings. The monoisotopic (exact) mass is 411 g/mol. The van der Waals surface area contributed by atoms with Crippen LogP contribution in [0, 0.1) is 6.92 Å². The van der Waals surface area contributed by atoms with Crippen LogP contribution in [0.5, 0.6) is 0 Å². The van der Waals surface area contributed by atoms with Gasteiger partial charge in [-0.1, -0.05) is 44.0 Å². The van der Waals surface area contributed by atoms with E-state index in [-0.39, 0.29) is 5.91 Å². The largest absolute Gasteiger partial charge is 0.338 e. The number of carbonyl (C=O) groups excluding carboxylic acids is 1. The highest BCUT2D eigenvalue weighted by Gasteiger charge is 2.29. The van der Waals surface area contributed by atoms with Gasteiger partial charge in [0.05, 0.1) is 5.69 Å². The molecular formula is C24H33N3OS. The maximum absolute atomic E-state index is 13.2. The minimum absolute atomic E-state index is 0.172. The van der Waals surface area contributed by atoms with Crippen molar-refractivity contribution in [3.05, 3.63) is 40.4 Å². The van der Waals surface area contributed by atoms with E-state index in [1.165, 1.54) is 44.3 Å². The fourth-order valence-corrected chi connectivity index (χ4v) is 5.68. The molecule has 0 unspecified atom stereocenters. The van der Waals surface area contributed by atoms with Crippen LogP contribution in [0.2, 0.25) is 0 Å². The second kappa shape index (κ2) is 9.40. The van der Waals surface area contributed by atoms with E-state index in [0.717, 1.165) is 53.5 Å². The average molecular weight is 412 g/mol. The number of hydrogen-bond acceptors (Lipinski definition) is 4. The van der Waals surface area contributed by atoms with Gasteiger partial charge in [0.15, 0.2) is 0 Å². The van der Waals surface area contributed by atoms with Gasteiger partial charge in [-0.3, -0.25) is 4.79 Å². The first kappa shape index (κ1) is 20.5. The molecule has 2 aliphatic heterocycles. The number of hydrogen-bond donors (Lipinski definition) is 0. The fraction of sp³-hybridized carbons (Fsp3) is 0.583. The lowest BCUT2D eigenvalue weighted by Crippen LogP contribution is -2.47. The van der Waals surface area contributed by atoms with E-state index < -0.39 is 0 Å². The van der Waals surface area contributed by atoms with Gasteiger partial charge in [-0.15, -0.1) is 11.3 Å². The first-order chi connectivity index (χ1) is 14.2. The van der Waals surface area contributed by atoms with E-state index in [1.54, 1.807) is 11.3 Å². The highest BCUT2D eigenvalue weighted by atomic mass is 32.1. The molecule has 0 radical (unpaired) electrons. The summed E-state index contributed by atoms with van der Waals surface area (Å²) in [5.41, 5.74) is 3.30. The molecule has 1 amide bonds. The second-order valence-electron chi connectivity index (χ2n) is 8.46. The van der Waals surface area contributed by atoms with Crippen molar-refractivity contribution in [2.45, 2.75) is 64.8 Å². The van der Waals surface area contributed by atoms with Gasteiger partial charge in [0, 0.05) is 24.7 Å². The van der Waals surface area contributed by atoms with E-state index >= 15 is 0 Å². The number of carbonyl (C=O) groups is 1. The Labute approximate surface area is 178 Å². The quantitative estimate of drug-likeness (QED) is 0.697. The van der Waals surface area contributed by atoms with Gasteiger partial charge in [-0.05, 0) is 57.7 Å². The van der Waals surface area contributed by atoms with Crippen molar-refractivity contribution in [1.82, 2.24) is 14.8 Å². The first-order valence-electron chi connectivity index (χ1n) is 11.3. The lowest BCUT2D eigenvalue weighted by atomic mass is 10.0. The van der Waals surface area contributed by atoms with Crippen LogP contribution in [0.25, 0.3) is 10.6 Å². The summed E-state index contributed by atoms with van der Waals surface area (Å²) in [5, 5.41) is 0.952. The van der Waals surface area contributed by atoms with Gasteiger partial charge in [0.2, 0.25) is 0 Å². The van der Waals surface area contributed by atoms with Gasteiger partial charge in [-0.25, -0.2) is 4.98 Å². The SMILES string of the molecule is CCc1ccc(-c2nc(C)c(C(=O)N3CCC(N4CCCCCC4)CC3)s2)cc1. The van der Waals surface area contributed by atoms with Crippen LogP contribution in [-0.2, 0) is 6.42 Å². The van der Waals surface area contributed by atoms with Gasteiger partial charge >= 0.3 is 0 Å². The molecular weight excluding hydrogens is 378 g/mol. The Morgan fingerprint density at radius 3 is 2.31 bits per heavy atom. The molecule has 0 aliphatic carbocycles. The molecule has 0 N–H and O–H groups in total.